The van der Waals surface area contributed by atoms with Gasteiger partial charge in [0, 0.05) is 6.04 Å². The van der Waals surface area contributed by atoms with Crippen LogP contribution in [0.5, 0.6) is 5.75 Å². The molecule has 0 bridgehead atoms. The average molecular weight is 466 g/mol. The number of ether oxygens (including phenoxy) is 1. The zero-order chi connectivity index (χ0) is 24.0. The van der Waals surface area contributed by atoms with Crippen molar-refractivity contribution in [1.29, 1.82) is 0 Å². The van der Waals surface area contributed by atoms with Crippen molar-refractivity contribution in [3.05, 3.63) is 64.9 Å². The maximum atomic E-state index is 13.4. The Kier molecular flexibility index (Phi) is 8.33. The van der Waals surface area contributed by atoms with E-state index in [-0.39, 0.29) is 23.6 Å². The summed E-state index contributed by atoms with van der Waals surface area (Å²) in [6.45, 7) is 8.09. The van der Waals surface area contributed by atoms with Crippen molar-refractivity contribution in [3.63, 3.8) is 0 Å². The maximum absolute atomic E-state index is 13.4. The molecule has 6 nitrogen and oxygen atoms in total. The first-order valence-corrected chi connectivity index (χ1v) is 12.1. The molecule has 0 radical (unpaired) electrons. The largest absolute Gasteiger partial charge is 0.497 e. The van der Waals surface area contributed by atoms with Crippen LogP contribution in [-0.2, 0) is 9.59 Å². The van der Waals surface area contributed by atoms with Crippen molar-refractivity contribution in [3.8, 4) is 5.75 Å². The smallest absolute Gasteiger partial charge is 0.283 e. The highest BCUT2D eigenvalue weighted by Crippen LogP contribution is 2.31. The number of benzene rings is 2. The number of carbonyl (C=O) groups is 2. The van der Waals surface area contributed by atoms with E-state index >= 15 is 0 Å². The molecule has 2 aromatic carbocycles. The van der Waals surface area contributed by atoms with E-state index < -0.39 is 0 Å². The van der Waals surface area contributed by atoms with E-state index in [9.17, 15) is 9.59 Å². The Morgan fingerprint density at radius 2 is 1.85 bits per heavy atom. The minimum atomic E-state index is -0.210. The molecule has 2 aromatic rings. The van der Waals surface area contributed by atoms with E-state index in [1.54, 1.807) is 18.1 Å². The van der Waals surface area contributed by atoms with Crippen LogP contribution in [-0.4, -0.2) is 35.9 Å². The van der Waals surface area contributed by atoms with Crippen LogP contribution in [0, 0.1) is 13.8 Å². The SMILES string of the molecule is CCCC(C)NC(=O)CSC1=N/C(=C\c2ccc(OC)cc2)C(=O)N1c1cc(C)cc(C)c1. The second-order valence-corrected chi connectivity index (χ2v) is 9.17. The Morgan fingerprint density at radius 3 is 2.45 bits per heavy atom. The molecular weight excluding hydrogens is 434 g/mol. The summed E-state index contributed by atoms with van der Waals surface area (Å²) in [5, 5.41) is 3.51. The topological polar surface area (TPSA) is 71.0 Å². The summed E-state index contributed by atoms with van der Waals surface area (Å²) in [7, 11) is 1.61. The van der Waals surface area contributed by atoms with Crippen LogP contribution >= 0.6 is 11.8 Å². The summed E-state index contributed by atoms with van der Waals surface area (Å²) in [5.41, 5.74) is 4.05. The van der Waals surface area contributed by atoms with Crippen LogP contribution in [0.3, 0.4) is 0 Å². The lowest BCUT2D eigenvalue weighted by molar-refractivity contribution is -0.119. The molecule has 0 saturated carbocycles. The molecule has 0 fully saturated rings. The molecule has 7 heteroatoms. The van der Waals surface area contributed by atoms with Crippen molar-refractivity contribution in [2.45, 2.75) is 46.6 Å². The fourth-order valence-corrected chi connectivity index (χ4v) is 4.53. The standard InChI is InChI=1S/C26H31N3O3S/c1-6-7-19(4)27-24(30)16-33-26-28-23(15-20-8-10-22(32-5)11-9-20)25(31)29(26)21-13-17(2)12-18(3)14-21/h8-15,19H,6-7,16H2,1-5H3,(H,27,30)/b23-15-. The van der Waals surface area contributed by atoms with Crippen molar-refractivity contribution >= 4 is 40.5 Å². The molecule has 174 valence electrons. The summed E-state index contributed by atoms with van der Waals surface area (Å²) in [6, 6.07) is 13.5. The fraction of sp³-hybridized carbons (Fsp3) is 0.346. The number of carbonyl (C=O) groups excluding carboxylic acids is 2. The second kappa shape index (κ2) is 11.2. The molecule has 1 atom stereocenters. The Bertz CT molecular complexity index is 1060. The molecule has 3 rings (SSSR count). The molecule has 1 aliphatic heterocycles. The lowest BCUT2D eigenvalue weighted by Crippen LogP contribution is -2.35. The van der Waals surface area contributed by atoms with Gasteiger partial charge in [0.25, 0.3) is 5.91 Å². The van der Waals surface area contributed by atoms with Crippen molar-refractivity contribution in [1.82, 2.24) is 5.32 Å². The van der Waals surface area contributed by atoms with E-state index in [0.29, 0.717) is 10.9 Å². The Morgan fingerprint density at radius 1 is 1.18 bits per heavy atom. The normalized spacial score (nSPS) is 15.5. The Labute approximate surface area is 200 Å². The van der Waals surface area contributed by atoms with Gasteiger partial charge in [-0.25, -0.2) is 4.99 Å². The Balaban J connectivity index is 1.88. The molecule has 1 N–H and O–H groups in total. The third kappa shape index (κ3) is 6.48. The third-order valence-corrected chi connectivity index (χ3v) is 6.11. The molecule has 1 unspecified atom stereocenters. The number of hydrogen-bond acceptors (Lipinski definition) is 5. The predicted molar refractivity (Wildman–Crippen MR) is 137 cm³/mol. The van der Waals surface area contributed by atoms with Crippen LogP contribution in [0.15, 0.2) is 53.2 Å². The zero-order valence-corrected chi connectivity index (χ0v) is 20.7. The van der Waals surface area contributed by atoms with Gasteiger partial charge in [-0.2, -0.15) is 0 Å². The van der Waals surface area contributed by atoms with Crippen LogP contribution in [0.25, 0.3) is 6.08 Å². The van der Waals surface area contributed by atoms with Crippen LogP contribution in [0.4, 0.5) is 5.69 Å². The molecule has 0 saturated heterocycles. The number of aliphatic imine (C=N–C) groups is 1. The maximum Gasteiger partial charge on any atom is 0.283 e. The summed E-state index contributed by atoms with van der Waals surface area (Å²) in [6.07, 6.45) is 3.70. The number of thioether (sulfide) groups is 1. The Hall–Kier alpha value is -3.06. The lowest BCUT2D eigenvalue weighted by Gasteiger charge is -2.19. The van der Waals surface area contributed by atoms with Gasteiger partial charge in [0.2, 0.25) is 5.91 Å². The van der Waals surface area contributed by atoms with Crippen molar-refractivity contribution in [2.75, 3.05) is 17.8 Å². The number of amidine groups is 1. The number of rotatable bonds is 8. The summed E-state index contributed by atoms with van der Waals surface area (Å²) in [4.78, 5) is 32.0. The average Bonchev–Trinajstić information content (AvgIpc) is 3.07. The molecule has 1 aliphatic rings. The minimum Gasteiger partial charge on any atom is -0.497 e. The van der Waals surface area contributed by atoms with E-state index in [4.69, 9.17) is 4.74 Å². The van der Waals surface area contributed by atoms with Gasteiger partial charge in [-0.1, -0.05) is 43.3 Å². The molecule has 2 amide bonds. The first-order chi connectivity index (χ1) is 15.8. The fourth-order valence-electron chi connectivity index (χ4n) is 3.71. The van der Waals surface area contributed by atoms with Crippen LogP contribution < -0.4 is 15.0 Å². The highest BCUT2D eigenvalue weighted by molar-refractivity contribution is 8.14. The number of anilines is 1. The zero-order valence-electron chi connectivity index (χ0n) is 19.8. The number of hydrogen-bond donors (Lipinski definition) is 1. The quantitative estimate of drug-likeness (QED) is 0.551. The first-order valence-electron chi connectivity index (χ1n) is 11.1. The van der Waals surface area contributed by atoms with E-state index in [0.717, 1.165) is 41.0 Å². The van der Waals surface area contributed by atoms with Gasteiger partial charge in [0.1, 0.15) is 11.4 Å². The second-order valence-electron chi connectivity index (χ2n) is 8.23. The van der Waals surface area contributed by atoms with E-state index in [2.05, 4.69) is 23.3 Å². The third-order valence-electron chi connectivity index (χ3n) is 5.17. The molecule has 0 aliphatic carbocycles. The lowest BCUT2D eigenvalue weighted by atomic mass is 10.1. The van der Waals surface area contributed by atoms with Gasteiger partial charge < -0.3 is 10.1 Å². The number of nitrogens with zero attached hydrogens (tertiary/aromatic N) is 2. The van der Waals surface area contributed by atoms with Gasteiger partial charge in [0.05, 0.1) is 18.6 Å². The summed E-state index contributed by atoms with van der Waals surface area (Å²) >= 11 is 1.27. The number of amides is 2. The molecular formula is C26H31N3O3S. The van der Waals surface area contributed by atoms with Crippen molar-refractivity contribution in [2.24, 2.45) is 4.99 Å². The molecule has 1 heterocycles. The van der Waals surface area contributed by atoms with E-state index in [1.807, 2.05) is 57.2 Å². The highest BCUT2D eigenvalue weighted by Gasteiger charge is 2.32. The van der Waals surface area contributed by atoms with Crippen LogP contribution in [0.2, 0.25) is 0 Å². The number of aryl methyl sites for hydroxylation is 2. The summed E-state index contributed by atoms with van der Waals surface area (Å²) in [5.74, 6) is 0.661. The predicted octanol–water partition coefficient (Wildman–Crippen LogP) is 5.09. The molecule has 0 spiro atoms. The van der Waals surface area contributed by atoms with Gasteiger partial charge in [-0.15, -0.1) is 0 Å². The van der Waals surface area contributed by atoms with Gasteiger partial charge in [-0.05, 0) is 74.2 Å². The molecule has 0 aromatic heterocycles. The van der Waals surface area contributed by atoms with Gasteiger partial charge in [0.15, 0.2) is 5.17 Å². The minimum absolute atomic E-state index is 0.0657. The van der Waals surface area contributed by atoms with Gasteiger partial charge >= 0.3 is 0 Å². The monoisotopic (exact) mass is 465 g/mol. The van der Waals surface area contributed by atoms with E-state index in [1.165, 1.54) is 11.8 Å². The summed E-state index contributed by atoms with van der Waals surface area (Å²) < 4.78 is 5.21. The number of methoxy groups -OCH3 is 1. The van der Waals surface area contributed by atoms with Crippen molar-refractivity contribution < 1.29 is 14.3 Å². The van der Waals surface area contributed by atoms with Crippen LogP contribution in [0.1, 0.15) is 43.4 Å². The number of nitrogens with one attached hydrogen (secondary N) is 1. The first kappa shape index (κ1) is 24.6. The molecule has 33 heavy (non-hydrogen) atoms. The van der Waals surface area contributed by atoms with Gasteiger partial charge in [-0.3, -0.25) is 14.5 Å². The highest BCUT2D eigenvalue weighted by atomic mass is 32.2.